The molecule has 0 aromatic rings. The van der Waals surface area contributed by atoms with E-state index in [1.807, 2.05) is 45.1 Å². The fourth-order valence-corrected chi connectivity index (χ4v) is 10.4. The number of fused-ring (bicyclic) bond motifs is 4. The Kier molecular flexibility index (Phi) is 19.4. The highest BCUT2D eigenvalue weighted by Gasteiger charge is 2.54. The number of allylic oxidation sites excluding steroid dienone is 7. The normalized spacial score (nSPS) is 40.8. The van der Waals surface area contributed by atoms with Crippen LogP contribution < -0.4 is 0 Å². The molecular weight excluding hydrogens is 763 g/mol. The summed E-state index contributed by atoms with van der Waals surface area (Å²) in [6, 6.07) is -1.31. The molecule has 0 spiro atoms. The molecule has 0 radical (unpaired) electrons. The number of amides is 1. The molecule has 0 aromatic heterocycles. The summed E-state index contributed by atoms with van der Waals surface area (Å²) in [6.07, 6.45) is 20.3. The zero-order chi connectivity index (χ0) is 44.1. The van der Waals surface area contributed by atoms with Gasteiger partial charge in [0.05, 0.1) is 24.4 Å². The molecular formula is C49H77NO10. The van der Waals surface area contributed by atoms with Crippen LogP contribution in [0, 0.1) is 41.4 Å². The fourth-order valence-electron chi connectivity index (χ4n) is 10.4. The quantitative estimate of drug-likeness (QED) is 0.182. The largest absolute Gasteiger partial charge is 0.480 e. The molecule has 11 nitrogen and oxygen atoms in total. The Morgan fingerprint density at radius 1 is 0.867 bits per heavy atom. The third kappa shape index (κ3) is 13.5. The highest BCUT2D eigenvalue weighted by Crippen LogP contribution is 2.42. The van der Waals surface area contributed by atoms with Gasteiger partial charge in [0.2, 0.25) is 5.79 Å². The van der Waals surface area contributed by atoms with E-state index in [2.05, 4.69) is 26.0 Å². The fraction of sp³-hybridized carbons (Fsp3) is 0.755. The third-order valence-corrected chi connectivity index (χ3v) is 14.3. The van der Waals surface area contributed by atoms with Gasteiger partial charge in [-0.3, -0.25) is 14.4 Å². The van der Waals surface area contributed by atoms with Gasteiger partial charge in [-0.05, 0) is 139 Å². The summed E-state index contributed by atoms with van der Waals surface area (Å²) in [5.74, 6) is -6.64. The van der Waals surface area contributed by atoms with Crippen LogP contribution in [0.5, 0.6) is 0 Å². The number of Topliss-reactive ketones (excluding diaryl/α,β-unsaturated/α-hetero) is 2. The van der Waals surface area contributed by atoms with E-state index in [4.69, 9.17) is 14.2 Å². The van der Waals surface area contributed by atoms with Gasteiger partial charge in [-0.15, -0.1) is 0 Å². The minimum absolute atomic E-state index is 0.00722. The summed E-state index contributed by atoms with van der Waals surface area (Å²) in [5.41, 5.74) is 1.88. The molecule has 4 aliphatic rings. The van der Waals surface area contributed by atoms with Crippen LogP contribution in [0.2, 0.25) is 0 Å². The van der Waals surface area contributed by atoms with Crippen LogP contribution in [0.15, 0.2) is 47.6 Å². The smallest absolute Gasteiger partial charge is 0.326 e. The van der Waals surface area contributed by atoms with Crippen molar-refractivity contribution < 1.29 is 48.7 Å². The van der Waals surface area contributed by atoms with E-state index in [-0.39, 0.29) is 42.8 Å². The van der Waals surface area contributed by atoms with Crippen molar-refractivity contribution >= 4 is 23.4 Å². The standard InChI is InChI=1S/C49H77NO10/c1-31-13-10-9-11-14-32(2)27-33(3)17-23-41(51)34(4)28-35(5)42(52)24-20-38(29-37-19-25-43(58-7)44(30-37)59-8)40-15-12-26-50(45(40)48(55)56)47(54)46(53)49(57)36(6)18-22-39(60-49)21-16-31/h9-11,13-14,28,32-33,35-41,43-45,51,57H,12,15-27,29-30H2,1-8H3,(H,55,56)/b10-9+,14-11+,31-13+,34-28+/t32-,33?,35-,36-,37+,38?,39-,40-,41+,43-,44-,45+,49-/m1/s1. The SMILES string of the molecule is CO[C@@H]1CC[C@@H](CC2CCC(=O)[C@H](C)/C=C(\C)[C@@H](O)CCC(C)C[C@H](C)/C=C/C=C/C=C(\C)CC[C@@H]3CC[C@@H](C)[C@@](O)(O3)C(=O)C(=O)N3CCC[C@H]2[C@H]3C(=O)O)C[C@H]1OC. The number of piperidine rings is 1. The maximum atomic E-state index is 14.3. The second kappa shape index (κ2) is 23.5. The van der Waals surface area contributed by atoms with Crippen LogP contribution in [-0.2, 0) is 33.4 Å². The summed E-state index contributed by atoms with van der Waals surface area (Å²) in [6.45, 7) is 11.9. The van der Waals surface area contributed by atoms with Gasteiger partial charge in [0.15, 0.2) is 0 Å². The van der Waals surface area contributed by atoms with Crippen molar-refractivity contribution in [2.24, 2.45) is 41.4 Å². The van der Waals surface area contributed by atoms with Crippen molar-refractivity contribution in [3.05, 3.63) is 47.6 Å². The van der Waals surface area contributed by atoms with Crippen molar-refractivity contribution in [1.29, 1.82) is 0 Å². The number of rotatable bonds is 5. The van der Waals surface area contributed by atoms with E-state index in [9.17, 15) is 34.5 Å². The average molecular weight is 840 g/mol. The highest BCUT2D eigenvalue weighted by atomic mass is 16.6. The van der Waals surface area contributed by atoms with E-state index >= 15 is 0 Å². The number of methoxy groups -OCH3 is 2. The van der Waals surface area contributed by atoms with Crippen molar-refractivity contribution in [2.45, 2.75) is 174 Å². The first-order valence-electron chi connectivity index (χ1n) is 22.9. The van der Waals surface area contributed by atoms with E-state index in [1.165, 1.54) is 0 Å². The van der Waals surface area contributed by atoms with Crippen molar-refractivity contribution in [1.82, 2.24) is 4.90 Å². The lowest BCUT2D eigenvalue weighted by atomic mass is 9.70. The molecule has 338 valence electrons. The highest BCUT2D eigenvalue weighted by molar-refractivity contribution is 6.39. The molecule has 4 bridgehead atoms. The third-order valence-electron chi connectivity index (χ3n) is 14.3. The van der Waals surface area contributed by atoms with E-state index in [1.54, 1.807) is 21.1 Å². The van der Waals surface area contributed by atoms with Gasteiger partial charge in [0, 0.05) is 39.0 Å². The molecule has 2 saturated heterocycles. The van der Waals surface area contributed by atoms with Crippen LogP contribution in [0.4, 0.5) is 0 Å². The van der Waals surface area contributed by atoms with Crippen LogP contribution in [0.25, 0.3) is 0 Å². The minimum Gasteiger partial charge on any atom is -0.480 e. The Balaban J connectivity index is 1.66. The lowest BCUT2D eigenvalue weighted by Gasteiger charge is -2.45. The maximum absolute atomic E-state index is 14.3. The van der Waals surface area contributed by atoms with E-state index < -0.39 is 59.5 Å². The summed E-state index contributed by atoms with van der Waals surface area (Å²) >= 11 is 0. The predicted molar refractivity (Wildman–Crippen MR) is 233 cm³/mol. The number of carbonyl (C=O) groups is 4. The average Bonchev–Trinajstić information content (AvgIpc) is 3.22. The van der Waals surface area contributed by atoms with Gasteiger partial charge >= 0.3 is 5.97 Å². The molecule has 0 aromatic carbocycles. The van der Waals surface area contributed by atoms with Gasteiger partial charge < -0.3 is 34.4 Å². The molecule has 3 fully saturated rings. The number of aliphatic carboxylic acids is 1. The summed E-state index contributed by atoms with van der Waals surface area (Å²) in [5, 5.41) is 33.8. The second-order valence-corrected chi connectivity index (χ2v) is 19.0. The molecule has 4 rings (SSSR count). The molecule has 2 unspecified atom stereocenters. The van der Waals surface area contributed by atoms with Gasteiger partial charge in [-0.25, -0.2) is 4.79 Å². The Hall–Kier alpha value is -2.96. The van der Waals surface area contributed by atoms with Crippen molar-refractivity contribution in [3.8, 4) is 0 Å². The first-order valence-corrected chi connectivity index (χ1v) is 22.9. The van der Waals surface area contributed by atoms with E-state index in [0.29, 0.717) is 69.6 Å². The summed E-state index contributed by atoms with van der Waals surface area (Å²) in [4.78, 5) is 56.7. The molecule has 3 aliphatic heterocycles. The molecule has 3 heterocycles. The van der Waals surface area contributed by atoms with E-state index in [0.717, 1.165) is 48.2 Å². The number of nitrogens with zero attached hydrogens (tertiary/aromatic N) is 1. The second-order valence-electron chi connectivity index (χ2n) is 19.0. The molecule has 1 amide bonds. The van der Waals surface area contributed by atoms with Crippen molar-refractivity contribution in [3.63, 3.8) is 0 Å². The van der Waals surface area contributed by atoms with Gasteiger partial charge in [-0.1, -0.05) is 69.7 Å². The minimum atomic E-state index is -2.37. The summed E-state index contributed by atoms with van der Waals surface area (Å²) in [7, 11) is 3.36. The van der Waals surface area contributed by atoms with Crippen LogP contribution in [-0.4, -0.2) is 101 Å². The van der Waals surface area contributed by atoms with Gasteiger partial charge in [0.25, 0.3) is 11.7 Å². The number of aliphatic hydroxyl groups excluding tert-OH is 1. The predicted octanol–water partition coefficient (Wildman–Crippen LogP) is 8.18. The molecule has 11 heteroatoms. The number of carboxylic acid groups (broad SMARTS) is 1. The Labute approximate surface area is 360 Å². The van der Waals surface area contributed by atoms with Gasteiger partial charge in [-0.2, -0.15) is 0 Å². The number of ketones is 2. The Morgan fingerprint density at radius 2 is 1.60 bits per heavy atom. The monoisotopic (exact) mass is 840 g/mol. The number of carboxylic acids is 1. The summed E-state index contributed by atoms with van der Waals surface area (Å²) < 4.78 is 17.6. The topological polar surface area (TPSA) is 160 Å². The van der Waals surface area contributed by atoms with Crippen LogP contribution >= 0.6 is 0 Å². The van der Waals surface area contributed by atoms with Crippen LogP contribution in [0.1, 0.15) is 138 Å². The van der Waals surface area contributed by atoms with Crippen LogP contribution in [0.3, 0.4) is 0 Å². The van der Waals surface area contributed by atoms with Gasteiger partial charge in [0.1, 0.15) is 11.8 Å². The number of aliphatic hydroxyl groups is 2. The molecule has 60 heavy (non-hydrogen) atoms. The number of carbonyl (C=O) groups excluding carboxylic acids is 3. The maximum Gasteiger partial charge on any atom is 0.326 e. The molecule has 1 aliphatic carbocycles. The lowest BCUT2D eigenvalue weighted by Crippen LogP contribution is -2.62. The first kappa shape index (κ1) is 49.7. The Bertz CT molecular complexity index is 1570. The zero-order valence-electron chi connectivity index (χ0n) is 37.9. The lowest BCUT2D eigenvalue weighted by molar-refractivity contribution is -0.263. The Morgan fingerprint density at radius 3 is 2.30 bits per heavy atom. The van der Waals surface area contributed by atoms with Crippen molar-refractivity contribution in [2.75, 3.05) is 20.8 Å². The number of hydrogen-bond donors (Lipinski definition) is 3. The first-order chi connectivity index (χ1) is 28.5. The number of hydrogen-bond acceptors (Lipinski definition) is 9. The molecule has 1 saturated carbocycles. The molecule has 13 atom stereocenters. The molecule has 3 N–H and O–H groups in total. The zero-order valence-corrected chi connectivity index (χ0v) is 37.9. The number of ether oxygens (including phenoxy) is 3.